The van der Waals surface area contributed by atoms with Crippen molar-refractivity contribution in [2.45, 2.75) is 43.3 Å². The van der Waals surface area contributed by atoms with Crippen LogP contribution in [0.1, 0.15) is 41.5 Å². The fraction of sp³-hybridized carbons (Fsp3) is 0.444. The van der Waals surface area contributed by atoms with Gasteiger partial charge in [0.25, 0.3) is 0 Å². The van der Waals surface area contributed by atoms with Gasteiger partial charge < -0.3 is 9.30 Å². The number of benzene rings is 1. The molecular formula is C27H27F5N6O2. The number of hydrogen-bond acceptors (Lipinski definition) is 5. The number of rotatable bonds is 6. The molecule has 212 valence electrons. The zero-order valence-corrected chi connectivity index (χ0v) is 21.6. The molecule has 3 aromatic heterocycles. The maximum absolute atomic E-state index is 15.8. The van der Waals surface area contributed by atoms with Gasteiger partial charge in [-0.25, -0.2) is 13.6 Å². The van der Waals surface area contributed by atoms with Crippen LogP contribution in [-0.2, 0) is 29.9 Å². The van der Waals surface area contributed by atoms with Crippen molar-refractivity contribution in [3.05, 3.63) is 82.1 Å². The summed E-state index contributed by atoms with van der Waals surface area (Å²) in [5.41, 5.74) is -1.88. The third-order valence-corrected chi connectivity index (χ3v) is 7.93. The number of ether oxygens (including phenoxy) is 1. The van der Waals surface area contributed by atoms with E-state index in [-0.39, 0.29) is 31.1 Å². The Morgan fingerprint density at radius 2 is 1.90 bits per heavy atom. The lowest BCUT2D eigenvalue weighted by Crippen LogP contribution is -2.50. The Labute approximate surface area is 225 Å². The SMILES string of the molecule is Cn1cnnc1[C@@H](F)C1(c2cccc(-n3cc4c(C(F)(F)F)cc(CN5CCC(F)CC5)cn4c3=O)c2)COC1. The number of alkyl halides is 5. The van der Waals surface area contributed by atoms with Crippen molar-refractivity contribution < 1.29 is 26.7 Å². The fourth-order valence-corrected chi connectivity index (χ4v) is 5.58. The van der Waals surface area contributed by atoms with Crippen LogP contribution in [-0.4, -0.2) is 61.1 Å². The second kappa shape index (κ2) is 9.81. The zero-order valence-electron chi connectivity index (χ0n) is 21.6. The Kier molecular flexibility index (Phi) is 6.53. The monoisotopic (exact) mass is 562 g/mol. The van der Waals surface area contributed by atoms with E-state index in [0.717, 1.165) is 21.2 Å². The summed E-state index contributed by atoms with van der Waals surface area (Å²) in [5.74, 6) is 0.124. The number of piperidine rings is 1. The Hall–Kier alpha value is -3.58. The highest BCUT2D eigenvalue weighted by Gasteiger charge is 2.50. The van der Waals surface area contributed by atoms with E-state index in [4.69, 9.17) is 4.74 Å². The summed E-state index contributed by atoms with van der Waals surface area (Å²) in [4.78, 5) is 15.4. The normalized spacial score (nSPS) is 19.1. The molecule has 1 aromatic carbocycles. The molecule has 13 heteroatoms. The predicted molar refractivity (Wildman–Crippen MR) is 135 cm³/mol. The van der Waals surface area contributed by atoms with Gasteiger partial charge in [0, 0.05) is 39.1 Å². The van der Waals surface area contributed by atoms with Crippen LogP contribution in [0, 0.1) is 0 Å². The Morgan fingerprint density at radius 3 is 2.52 bits per heavy atom. The summed E-state index contributed by atoms with van der Waals surface area (Å²) in [5, 5.41) is 7.65. The average Bonchev–Trinajstić information content (AvgIpc) is 3.47. The van der Waals surface area contributed by atoms with Gasteiger partial charge >= 0.3 is 11.9 Å². The first kappa shape index (κ1) is 26.6. The van der Waals surface area contributed by atoms with E-state index in [0.29, 0.717) is 42.7 Å². The van der Waals surface area contributed by atoms with E-state index < -0.39 is 35.2 Å². The van der Waals surface area contributed by atoms with Crippen molar-refractivity contribution in [1.82, 2.24) is 28.6 Å². The molecule has 1 atom stereocenters. The maximum atomic E-state index is 15.8. The molecule has 0 spiro atoms. The van der Waals surface area contributed by atoms with Crippen LogP contribution < -0.4 is 5.69 Å². The van der Waals surface area contributed by atoms with E-state index in [1.165, 1.54) is 17.1 Å². The van der Waals surface area contributed by atoms with Crippen LogP contribution in [0.5, 0.6) is 0 Å². The van der Waals surface area contributed by atoms with Crippen molar-refractivity contribution in [2.75, 3.05) is 26.3 Å². The van der Waals surface area contributed by atoms with Gasteiger partial charge in [0.05, 0.1) is 35.4 Å². The molecule has 0 amide bonds. The smallest absolute Gasteiger partial charge is 0.379 e. The summed E-state index contributed by atoms with van der Waals surface area (Å²) >= 11 is 0. The van der Waals surface area contributed by atoms with E-state index in [9.17, 15) is 22.4 Å². The molecule has 6 rings (SSSR count). The van der Waals surface area contributed by atoms with Crippen molar-refractivity contribution in [1.29, 1.82) is 0 Å². The van der Waals surface area contributed by atoms with Gasteiger partial charge in [-0.1, -0.05) is 12.1 Å². The van der Waals surface area contributed by atoms with Gasteiger partial charge in [-0.15, -0.1) is 10.2 Å². The number of aromatic nitrogens is 5. The van der Waals surface area contributed by atoms with Crippen LogP contribution in [0.4, 0.5) is 22.0 Å². The predicted octanol–water partition coefficient (Wildman–Crippen LogP) is 4.15. The maximum Gasteiger partial charge on any atom is 0.418 e. The van der Waals surface area contributed by atoms with Gasteiger partial charge in [0.1, 0.15) is 12.5 Å². The molecule has 0 unspecified atom stereocenters. The van der Waals surface area contributed by atoms with E-state index >= 15 is 4.39 Å². The highest BCUT2D eigenvalue weighted by atomic mass is 19.4. The van der Waals surface area contributed by atoms with E-state index in [1.54, 1.807) is 31.3 Å². The number of imidazole rings is 1. The number of fused-ring (bicyclic) bond motifs is 1. The minimum absolute atomic E-state index is 0.0678. The third kappa shape index (κ3) is 4.50. The summed E-state index contributed by atoms with van der Waals surface area (Å²) < 4.78 is 80.8. The molecule has 40 heavy (non-hydrogen) atoms. The van der Waals surface area contributed by atoms with Crippen LogP contribution in [0.15, 0.2) is 53.8 Å². The van der Waals surface area contributed by atoms with E-state index in [1.807, 2.05) is 4.90 Å². The van der Waals surface area contributed by atoms with Gasteiger partial charge in [0.15, 0.2) is 12.0 Å². The number of pyridine rings is 1. The minimum Gasteiger partial charge on any atom is -0.379 e. The topological polar surface area (TPSA) is 69.6 Å². The molecule has 2 aliphatic heterocycles. The minimum atomic E-state index is -4.71. The Balaban J connectivity index is 1.40. The van der Waals surface area contributed by atoms with Gasteiger partial charge in [-0.05, 0) is 42.2 Å². The number of halogens is 5. The fourth-order valence-electron chi connectivity index (χ4n) is 5.58. The summed E-state index contributed by atoms with van der Waals surface area (Å²) in [6.45, 7) is 1.16. The van der Waals surface area contributed by atoms with Gasteiger partial charge in [0.2, 0.25) is 0 Å². The first-order valence-corrected chi connectivity index (χ1v) is 12.9. The molecule has 0 bridgehead atoms. The van der Waals surface area contributed by atoms with Crippen LogP contribution in [0.2, 0.25) is 0 Å². The molecule has 8 nitrogen and oxygen atoms in total. The number of likely N-dealkylation sites (tertiary alicyclic amines) is 1. The highest BCUT2D eigenvalue weighted by Crippen LogP contribution is 2.45. The second-order valence-corrected chi connectivity index (χ2v) is 10.6. The molecule has 2 aliphatic rings. The van der Waals surface area contributed by atoms with Gasteiger partial charge in [-0.3, -0.25) is 13.9 Å². The van der Waals surface area contributed by atoms with Crippen LogP contribution >= 0.6 is 0 Å². The third-order valence-electron chi connectivity index (χ3n) is 7.93. The average molecular weight is 563 g/mol. The second-order valence-electron chi connectivity index (χ2n) is 10.6. The standard InChI is InChI=1S/C27H27F5N6O2/c1-35-16-33-34-24(35)23(29)26(14-40-15-26)18-3-2-4-20(10-18)37-13-22-21(27(30,31)32)9-17(12-38(22)25(37)39)11-36-7-5-19(28)6-8-36/h2-4,9-10,12-13,16,19,23H,5-8,11,14-15H2,1H3/t23-/m1/s1. The first-order valence-electron chi connectivity index (χ1n) is 12.9. The number of hydrogen-bond donors (Lipinski definition) is 0. The quantitative estimate of drug-likeness (QED) is 0.331. The summed E-state index contributed by atoms with van der Waals surface area (Å²) in [6, 6.07) is 7.57. The van der Waals surface area contributed by atoms with Crippen LogP contribution in [0.3, 0.4) is 0 Å². The summed E-state index contributed by atoms with van der Waals surface area (Å²) in [6.07, 6.45) is -2.57. The lowest BCUT2D eigenvalue weighted by molar-refractivity contribution is -0.136. The molecule has 0 N–H and O–H groups in total. The van der Waals surface area contributed by atoms with Gasteiger partial charge in [-0.2, -0.15) is 13.2 Å². The molecule has 4 aromatic rings. The molecule has 2 saturated heterocycles. The van der Waals surface area contributed by atoms with Crippen molar-refractivity contribution in [2.24, 2.45) is 7.05 Å². The largest absolute Gasteiger partial charge is 0.418 e. The zero-order chi connectivity index (χ0) is 28.2. The van der Waals surface area contributed by atoms with E-state index in [2.05, 4.69) is 10.2 Å². The highest BCUT2D eigenvalue weighted by molar-refractivity contribution is 5.58. The van der Waals surface area contributed by atoms with Crippen LogP contribution in [0.25, 0.3) is 11.2 Å². The van der Waals surface area contributed by atoms with Crippen molar-refractivity contribution in [3.8, 4) is 5.69 Å². The molecule has 5 heterocycles. The molecular weight excluding hydrogens is 535 g/mol. The lowest BCUT2D eigenvalue weighted by atomic mass is 9.74. The summed E-state index contributed by atoms with van der Waals surface area (Å²) in [7, 11) is 1.63. The number of nitrogens with zero attached hydrogens (tertiary/aromatic N) is 6. The van der Waals surface area contributed by atoms with Crippen molar-refractivity contribution in [3.63, 3.8) is 0 Å². The lowest BCUT2D eigenvalue weighted by Gasteiger charge is -2.43. The Morgan fingerprint density at radius 1 is 1.15 bits per heavy atom. The van der Waals surface area contributed by atoms with Crippen molar-refractivity contribution >= 4 is 5.52 Å². The molecule has 0 aliphatic carbocycles. The molecule has 0 saturated carbocycles. The Bertz CT molecular complexity index is 1600. The first-order chi connectivity index (χ1) is 19.1. The molecule has 0 radical (unpaired) electrons. The number of aryl methyl sites for hydroxylation is 1. The molecule has 2 fully saturated rings.